The highest BCUT2D eigenvalue weighted by atomic mass is 32.2. The van der Waals surface area contributed by atoms with Gasteiger partial charge < -0.3 is 10.6 Å². The Morgan fingerprint density at radius 1 is 1.12 bits per heavy atom. The van der Waals surface area contributed by atoms with Gasteiger partial charge >= 0.3 is 0 Å². The maximum atomic E-state index is 12.1. The normalized spacial score (nSPS) is 22.0. The highest BCUT2D eigenvalue weighted by Gasteiger charge is 2.32. The Morgan fingerprint density at radius 2 is 1.85 bits per heavy atom. The number of amides is 2. The molecule has 1 aliphatic heterocycles. The third-order valence-corrected chi connectivity index (χ3v) is 5.51. The molecule has 1 aromatic carbocycles. The standard InChI is InChI=1S/C19H24N4O2S/c24-17(20-13-14-8-4-3-5-9-14)12-16-18(25)21-19(26-16)23-22-15-10-6-1-2-7-11-15/h3-5,8-9,16H,1-2,6-7,10-13H2,(H,20,24)(H,21,23,25)/t16-/m0/s1. The topological polar surface area (TPSA) is 82.9 Å². The van der Waals surface area contributed by atoms with Gasteiger partial charge in [0.2, 0.25) is 11.8 Å². The van der Waals surface area contributed by atoms with E-state index in [1.54, 1.807) is 0 Å². The van der Waals surface area contributed by atoms with Crippen LogP contribution in [0.3, 0.4) is 0 Å². The van der Waals surface area contributed by atoms with Crippen molar-refractivity contribution in [3.63, 3.8) is 0 Å². The van der Waals surface area contributed by atoms with Crippen molar-refractivity contribution in [2.45, 2.75) is 56.7 Å². The van der Waals surface area contributed by atoms with E-state index in [-0.39, 0.29) is 18.2 Å². The molecule has 1 saturated carbocycles. The number of nitrogens with one attached hydrogen (secondary N) is 2. The van der Waals surface area contributed by atoms with E-state index in [1.807, 2.05) is 30.3 Å². The van der Waals surface area contributed by atoms with Crippen molar-refractivity contribution in [2.75, 3.05) is 0 Å². The summed E-state index contributed by atoms with van der Waals surface area (Å²) in [6.45, 7) is 0.466. The van der Waals surface area contributed by atoms with Crippen LogP contribution in [-0.2, 0) is 16.1 Å². The molecule has 3 rings (SSSR count). The molecule has 0 aromatic heterocycles. The molecule has 1 aromatic rings. The number of hydrogen-bond donors (Lipinski definition) is 2. The Kier molecular flexibility index (Phi) is 6.82. The second-order valence-corrected chi connectivity index (χ2v) is 7.74. The molecule has 1 saturated heterocycles. The van der Waals surface area contributed by atoms with Gasteiger partial charge in [0.25, 0.3) is 0 Å². The van der Waals surface area contributed by atoms with Crippen LogP contribution in [0.1, 0.15) is 50.5 Å². The number of hydrogen-bond acceptors (Lipinski definition) is 5. The minimum Gasteiger partial charge on any atom is -0.352 e. The van der Waals surface area contributed by atoms with Gasteiger partial charge in [0.1, 0.15) is 5.25 Å². The summed E-state index contributed by atoms with van der Waals surface area (Å²) >= 11 is 1.28. The quantitative estimate of drug-likeness (QED) is 0.616. The zero-order chi connectivity index (χ0) is 18.2. The van der Waals surface area contributed by atoms with E-state index in [2.05, 4.69) is 20.8 Å². The molecular formula is C19H24N4O2S. The molecule has 1 atom stereocenters. The van der Waals surface area contributed by atoms with Crippen LogP contribution < -0.4 is 10.6 Å². The van der Waals surface area contributed by atoms with Crippen molar-refractivity contribution < 1.29 is 9.59 Å². The molecule has 0 bridgehead atoms. The monoisotopic (exact) mass is 372 g/mol. The fourth-order valence-electron chi connectivity index (χ4n) is 2.98. The molecule has 26 heavy (non-hydrogen) atoms. The summed E-state index contributed by atoms with van der Waals surface area (Å²) in [6, 6.07) is 9.70. The summed E-state index contributed by atoms with van der Waals surface area (Å²) in [4.78, 5) is 24.2. The molecule has 0 unspecified atom stereocenters. The fraction of sp³-hybridized carbons (Fsp3) is 0.474. The van der Waals surface area contributed by atoms with Crippen LogP contribution in [0, 0.1) is 0 Å². The molecule has 1 heterocycles. The average molecular weight is 372 g/mol. The lowest BCUT2D eigenvalue weighted by molar-refractivity contribution is -0.125. The van der Waals surface area contributed by atoms with Gasteiger partial charge in [-0.1, -0.05) is 54.9 Å². The highest BCUT2D eigenvalue weighted by Crippen LogP contribution is 2.23. The van der Waals surface area contributed by atoms with Gasteiger partial charge in [-0.2, -0.15) is 5.10 Å². The van der Waals surface area contributed by atoms with Gasteiger partial charge in [-0.25, -0.2) is 0 Å². The van der Waals surface area contributed by atoms with Gasteiger partial charge in [0, 0.05) is 18.7 Å². The fourth-order valence-corrected chi connectivity index (χ4v) is 3.89. The molecule has 138 valence electrons. The van der Waals surface area contributed by atoms with E-state index in [1.165, 1.54) is 24.6 Å². The maximum Gasteiger partial charge on any atom is 0.240 e. The number of rotatable bonds is 5. The first-order valence-corrected chi connectivity index (χ1v) is 10.0. The van der Waals surface area contributed by atoms with E-state index in [0.717, 1.165) is 37.0 Å². The van der Waals surface area contributed by atoms with E-state index < -0.39 is 5.25 Å². The van der Waals surface area contributed by atoms with Crippen molar-refractivity contribution in [3.05, 3.63) is 35.9 Å². The minimum atomic E-state index is -0.446. The number of carbonyl (C=O) groups excluding carboxylic acids is 2. The average Bonchev–Trinajstić information content (AvgIpc) is 2.85. The van der Waals surface area contributed by atoms with E-state index in [4.69, 9.17) is 0 Å². The first kappa shape index (κ1) is 18.6. The SMILES string of the molecule is O=C(C[C@@H]1S/C(=N\N=C2CCCCCC2)NC1=O)NCc1ccccc1. The van der Waals surface area contributed by atoms with Crippen molar-refractivity contribution in [1.29, 1.82) is 0 Å². The molecule has 2 aliphatic rings. The van der Waals surface area contributed by atoms with Crippen LogP contribution in [-0.4, -0.2) is 27.9 Å². The zero-order valence-corrected chi connectivity index (χ0v) is 15.6. The first-order valence-electron chi connectivity index (χ1n) is 9.12. The molecule has 0 spiro atoms. The lowest BCUT2D eigenvalue weighted by Gasteiger charge is -2.07. The molecule has 7 heteroatoms. The lowest BCUT2D eigenvalue weighted by Crippen LogP contribution is -2.31. The van der Waals surface area contributed by atoms with Crippen LogP contribution in [0.25, 0.3) is 0 Å². The van der Waals surface area contributed by atoms with Crippen LogP contribution in [0.15, 0.2) is 40.5 Å². The summed E-state index contributed by atoms with van der Waals surface area (Å²) in [7, 11) is 0. The number of nitrogens with zero attached hydrogens (tertiary/aromatic N) is 2. The van der Waals surface area contributed by atoms with Crippen LogP contribution in [0.2, 0.25) is 0 Å². The molecular weight excluding hydrogens is 348 g/mol. The third kappa shape index (κ3) is 5.69. The molecule has 6 nitrogen and oxygen atoms in total. The summed E-state index contributed by atoms with van der Waals surface area (Å²) in [6.07, 6.45) is 6.93. The Labute approximate surface area is 157 Å². The predicted molar refractivity (Wildman–Crippen MR) is 105 cm³/mol. The Balaban J connectivity index is 1.48. The Morgan fingerprint density at radius 3 is 2.58 bits per heavy atom. The highest BCUT2D eigenvalue weighted by molar-refractivity contribution is 8.15. The summed E-state index contributed by atoms with van der Waals surface area (Å²) in [5.41, 5.74) is 2.14. The van der Waals surface area contributed by atoms with Gasteiger partial charge in [0.05, 0.1) is 0 Å². The Hall–Kier alpha value is -2.15. The summed E-state index contributed by atoms with van der Waals surface area (Å²) < 4.78 is 0. The summed E-state index contributed by atoms with van der Waals surface area (Å²) in [5.74, 6) is -0.317. The number of amidine groups is 1. The van der Waals surface area contributed by atoms with Crippen LogP contribution >= 0.6 is 11.8 Å². The van der Waals surface area contributed by atoms with E-state index in [0.29, 0.717) is 11.7 Å². The minimum absolute atomic E-state index is 0.138. The van der Waals surface area contributed by atoms with E-state index >= 15 is 0 Å². The summed E-state index contributed by atoms with van der Waals surface area (Å²) in [5, 5.41) is 14.1. The Bertz CT molecular complexity index is 693. The number of thioether (sulfide) groups is 1. The van der Waals surface area contributed by atoms with Gasteiger partial charge in [-0.05, 0) is 31.2 Å². The molecule has 1 aliphatic carbocycles. The van der Waals surface area contributed by atoms with Gasteiger partial charge in [-0.15, -0.1) is 5.10 Å². The largest absolute Gasteiger partial charge is 0.352 e. The molecule has 0 radical (unpaired) electrons. The third-order valence-electron chi connectivity index (χ3n) is 4.44. The van der Waals surface area contributed by atoms with Crippen molar-refractivity contribution in [3.8, 4) is 0 Å². The van der Waals surface area contributed by atoms with Crippen LogP contribution in [0.4, 0.5) is 0 Å². The second kappa shape index (κ2) is 9.52. The predicted octanol–water partition coefficient (Wildman–Crippen LogP) is 2.99. The van der Waals surface area contributed by atoms with Crippen LogP contribution in [0.5, 0.6) is 0 Å². The second-order valence-electron chi connectivity index (χ2n) is 6.55. The number of carbonyl (C=O) groups is 2. The van der Waals surface area contributed by atoms with Gasteiger partial charge in [-0.3, -0.25) is 9.59 Å². The van der Waals surface area contributed by atoms with E-state index in [9.17, 15) is 9.59 Å². The maximum absolute atomic E-state index is 12.1. The number of benzene rings is 1. The van der Waals surface area contributed by atoms with Crippen molar-refractivity contribution >= 4 is 34.5 Å². The smallest absolute Gasteiger partial charge is 0.240 e. The van der Waals surface area contributed by atoms with Gasteiger partial charge in [0.15, 0.2) is 5.17 Å². The molecule has 2 amide bonds. The first-order chi connectivity index (χ1) is 12.7. The zero-order valence-electron chi connectivity index (χ0n) is 14.7. The molecule has 2 N–H and O–H groups in total. The lowest BCUT2D eigenvalue weighted by atomic mass is 10.2. The van der Waals surface area contributed by atoms with Crippen molar-refractivity contribution in [2.24, 2.45) is 10.2 Å². The van der Waals surface area contributed by atoms with Crippen molar-refractivity contribution in [1.82, 2.24) is 10.6 Å². The molecule has 2 fully saturated rings.